The van der Waals surface area contributed by atoms with E-state index in [0.29, 0.717) is 52.9 Å². The van der Waals surface area contributed by atoms with E-state index in [9.17, 15) is 0 Å². The maximum atomic E-state index is 5.47. The molecule has 0 spiro atoms. The molecule has 0 aromatic heterocycles. The molecule has 0 radical (unpaired) electrons. The molecule has 0 aliphatic heterocycles. The number of methoxy groups -OCH3 is 2. The van der Waals surface area contributed by atoms with E-state index in [4.69, 9.17) is 28.0 Å². The normalized spacial score (nSPS) is 11.2. The molecule has 0 saturated carbocycles. The molecule has 19 heavy (non-hydrogen) atoms. The predicted octanol–water partition coefficient (Wildman–Crippen LogP) is 1.20. The lowest BCUT2D eigenvalue weighted by molar-refractivity contribution is 0.0464. The highest BCUT2D eigenvalue weighted by molar-refractivity contribution is 7.36. The van der Waals surface area contributed by atoms with Crippen LogP contribution < -0.4 is 0 Å². The van der Waals surface area contributed by atoms with Crippen molar-refractivity contribution in [3.05, 3.63) is 0 Å². The minimum Gasteiger partial charge on any atom is -0.382 e. The topological polar surface area (TPSA) is 67.7 Å². The average molecular weight is 299 g/mol. The summed E-state index contributed by atoms with van der Waals surface area (Å²) in [5, 5.41) is 0. The molecule has 0 aromatic carbocycles. The van der Waals surface area contributed by atoms with Gasteiger partial charge < -0.3 is 28.0 Å². The fourth-order valence-corrected chi connectivity index (χ4v) is 1.89. The first-order chi connectivity index (χ1) is 9.35. The Hall–Kier alpha value is -0.0100. The number of rotatable bonds is 14. The first kappa shape index (κ1) is 19.0. The fraction of sp³-hybridized carbons (Fsp3) is 1.00. The summed E-state index contributed by atoms with van der Waals surface area (Å²) in [6, 6.07) is 0. The lowest BCUT2D eigenvalue weighted by Gasteiger charge is -2.10. The van der Waals surface area contributed by atoms with Crippen molar-refractivity contribution in [2.45, 2.75) is 0 Å². The molecule has 0 N–H and O–H groups in total. The zero-order valence-electron chi connectivity index (χ0n) is 12.1. The maximum Gasteiger partial charge on any atom is 0.199 e. The standard InChI is InChI=1S/C11H26NO6P/c1-12-19(17-10-8-15-6-4-13-2)18-11-9-16-7-5-14-3/h19H,4-11H2,1-3H3. The van der Waals surface area contributed by atoms with Crippen LogP contribution in [0, 0.1) is 0 Å². The van der Waals surface area contributed by atoms with Crippen molar-refractivity contribution in [3.63, 3.8) is 0 Å². The molecule has 0 saturated heterocycles. The van der Waals surface area contributed by atoms with Gasteiger partial charge in [0.1, 0.15) is 0 Å². The third kappa shape index (κ3) is 14.2. The van der Waals surface area contributed by atoms with Gasteiger partial charge >= 0.3 is 0 Å². The molecule has 0 bridgehead atoms. The van der Waals surface area contributed by atoms with Crippen molar-refractivity contribution < 1.29 is 28.0 Å². The summed E-state index contributed by atoms with van der Waals surface area (Å²) in [5.74, 6) is 0. The molecule has 116 valence electrons. The second-order valence-corrected chi connectivity index (χ2v) is 4.95. The molecular weight excluding hydrogens is 273 g/mol. The highest BCUT2D eigenvalue weighted by atomic mass is 31.1. The van der Waals surface area contributed by atoms with Crippen molar-refractivity contribution in [2.75, 3.05) is 74.1 Å². The van der Waals surface area contributed by atoms with Gasteiger partial charge in [-0.05, 0) is 0 Å². The van der Waals surface area contributed by atoms with Gasteiger partial charge in [-0.25, -0.2) is 0 Å². The Labute approximate surface area is 116 Å². The van der Waals surface area contributed by atoms with Gasteiger partial charge in [0, 0.05) is 21.3 Å². The van der Waals surface area contributed by atoms with Gasteiger partial charge in [-0.2, -0.15) is 0 Å². The molecule has 0 fully saturated rings. The van der Waals surface area contributed by atoms with Crippen molar-refractivity contribution >= 4 is 8.17 Å². The van der Waals surface area contributed by atoms with E-state index >= 15 is 0 Å². The third-order valence-corrected chi connectivity index (χ3v) is 3.22. The third-order valence-electron chi connectivity index (χ3n) is 1.95. The highest BCUT2D eigenvalue weighted by Gasteiger charge is 1.98. The molecular formula is C11H26NO6P. The molecule has 0 unspecified atom stereocenters. The van der Waals surface area contributed by atoms with Crippen molar-refractivity contribution in [3.8, 4) is 0 Å². The molecule has 7 nitrogen and oxygen atoms in total. The number of hydrogen-bond acceptors (Lipinski definition) is 7. The Kier molecular flexibility index (Phi) is 16.0. The van der Waals surface area contributed by atoms with Crippen molar-refractivity contribution in [1.29, 1.82) is 0 Å². The van der Waals surface area contributed by atoms with Crippen LogP contribution in [0.3, 0.4) is 0 Å². The molecule has 8 heteroatoms. The molecule has 0 aromatic rings. The van der Waals surface area contributed by atoms with Crippen LogP contribution in [-0.2, 0) is 28.0 Å². The largest absolute Gasteiger partial charge is 0.382 e. The zero-order valence-corrected chi connectivity index (χ0v) is 13.1. The van der Waals surface area contributed by atoms with E-state index in [1.165, 1.54) is 0 Å². The summed E-state index contributed by atoms with van der Waals surface area (Å²) in [6.45, 7) is 4.29. The van der Waals surface area contributed by atoms with E-state index in [2.05, 4.69) is 4.74 Å². The number of ether oxygens (including phenoxy) is 4. The Morgan fingerprint density at radius 3 is 1.47 bits per heavy atom. The highest BCUT2D eigenvalue weighted by Crippen LogP contribution is 2.27. The summed E-state index contributed by atoms with van der Waals surface area (Å²) >= 11 is 0. The predicted molar refractivity (Wildman–Crippen MR) is 74.0 cm³/mol. The van der Waals surface area contributed by atoms with E-state index in [0.717, 1.165) is 0 Å². The molecule has 0 aliphatic carbocycles. The molecule has 0 atom stereocenters. The van der Waals surface area contributed by atoms with E-state index < -0.39 is 8.17 Å². The van der Waals surface area contributed by atoms with Crippen LogP contribution in [-0.4, -0.2) is 74.1 Å². The van der Waals surface area contributed by atoms with Crippen LogP contribution in [0.4, 0.5) is 0 Å². The van der Waals surface area contributed by atoms with Gasteiger partial charge in [0.25, 0.3) is 0 Å². The lowest BCUT2D eigenvalue weighted by atomic mass is 10.7. The first-order valence-electron chi connectivity index (χ1n) is 6.20. The molecule has 0 aliphatic rings. The minimum atomic E-state index is -1.57. The van der Waals surface area contributed by atoms with Gasteiger partial charge in [-0.1, -0.05) is 0 Å². The van der Waals surface area contributed by atoms with E-state index in [1.54, 1.807) is 21.3 Å². The van der Waals surface area contributed by atoms with Crippen LogP contribution in [0.2, 0.25) is 0 Å². The monoisotopic (exact) mass is 299 g/mol. The second kappa shape index (κ2) is 16.0. The summed E-state index contributed by atoms with van der Waals surface area (Å²) in [6.07, 6.45) is 0. The van der Waals surface area contributed by atoms with E-state index in [-0.39, 0.29) is 0 Å². The average Bonchev–Trinajstić information content (AvgIpc) is 2.44. The fourth-order valence-electron chi connectivity index (χ4n) is 1.04. The summed E-state index contributed by atoms with van der Waals surface area (Å²) < 4.78 is 35.2. The van der Waals surface area contributed by atoms with Crippen LogP contribution in [0.25, 0.3) is 0 Å². The zero-order chi connectivity index (χ0) is 14.2. The minimum absolute atomic E-state index is 0.472. The van der Waals surface area contributed by atoms with Gasteiger partial charge in [-0.3, -0.25) is 4.74 Å². The Morgan fingerprint density at radius 1 is 0.684 bits per heavy atom. The Balaban J connectivity index is 3.36. The second-order valence-electron chi connectivity index (χ2n) is 3.40. The summed E-state index contributed by atoms with van der Waals surface area (Å²) in [7, 11) is 3.40. The summed E-state index contributed by atoms with van der Waals surface area (Å²) in [4.78, 5) is 0. The van der Waals surface area contributed by atoms with Crippen LogP contribution in [0.1, 0.15) is 0 Å². The van der Waals surface area contributed by atoms with Crippen LogP contribution in [0.15, 0.2) is 4.74 Å². The van der Waals surface area contributed by atoms with Gasteiger partial charge in [0.2, 0.25) is 0 Å². The van der Waals surface area contributed by atoms with Crippen molar-refractivity contribution in [1.82, 2.24) is 0 Å². The Morgan fingerprint density at radius 2 is 1.11 bits per heavy atom. The van der Waals surface area contributed by atoms with Crippen LogP contribution >= 0.6 is 8.17 Å². The van der Waals surface area contributed by atoms with Crippen molar-refractivity contribution in [2.24, 2.45) is 4.74 Å². The molecule has 0 heterocycles. The first-order valence-corrected chi connectivity index (χ1v) is 7.47. The number of nitrogens with zero attached hydrogens (tertiary/aromatic N) is 1. The molecule has 0 rings (SSSR count). The number of hydrogen-bond donors (Lipinski definition) is 0. The SMILES string of the molecule is CN=[PH](OCCOCCOC)OCCOCCOC. The van der Waals surface area contributed by atoms with Crippen LogP contribution in [0.5, 0.6) is 0 Å². The summed E-state index contributed by atoms with van der Waals surface area (Å²) in [5.41, 5.74) is 0. The maximum absolute atomic E-state index is 5.47. The van der Waals surface area contributed by atoms with Gasteiger partial charge in [-0.15, -0.1) is 0 Å². The van der Waals surface area contributed by atoms with Gasteiger partial charge in [0.05, 0.1) is 52.9 Å². The smallest absolute Gasteiger partial charge is 0.199 e. The quantitative estimate of drug-likeness (QED) is 0.355. The Bertz CT molecular complexity index is 199. The van der Waals surface area contributed by atoms with Gasteiger partial charge in [0.15, 0.2) is 8.17 Å². The molecule has 0 amide bonds. The van der Waals surface area contributed by atoms with E-state index in [1.807, 2.05) is 0 Å². The lowest BCUT2D eigenvalue weighted by Crippen LogP contribution is -2.08.